The van der Waals surface area contributed by atoms with Gasteiger partial charge in [0.2, 0.25) is 17.7 Å². The van der Waals surface area contributed by atoms with Crippen molar-refractivity contribution in [3.63, 3.8) is 0 Å². The zero-order valence-corrected chi connectivity index (χ0v) is 21.4. The summed E-state index contributed by atoms with van der Waals surface area (Å²) in [5.74, 6) is 0.771. The van der Waals surface area contributed by atoms with Gasteiger partial charge in [-0.15, -0.1) is 0 Å². The first-order valence-corrected chi connectivity index (χ1v) is 12.7. The quantitative estimate of drug-likeness (QED) is 0.529. The Morgan fingerprint density at radius 1 is 1.03 bits per heavy atom. The molecule has 37 heavy (non-hydrogen) atoms. The maximum absolute atomic E-state index is 13.2. The van der Waals surface area contributed by atoms with Crippen molar-refractivity contribution in [3.05, 3.63) is 48.5 Å². The van der Waals surface area contributed by atoms with Crippen LogP contribution in [0.3, 0.4) is 0 Å². The molecular formula is C27H35N5O5. The number of methoxy groups -OCH3 is 1. The molecule has 2 fully saturated rings. The van der Waals surface area contributed by atoms with Crippen LogP contribution in [0.1, 0.15) is 13.3 Å². The van der Waals surface area contributed by atoms with Crippen LogP contribution >= 0.6 is 0 Å². The average Bonchev–Trinajstić information content (AvgIpc) is 2.91. The fourth-order valence-corrected chi connectivity index (χ4v) is 4.66. The second kappa shape index (κ2) is 12.4. The van der Waals surface area contributed by atoms with E-state index in [2.05, 4.69) is 26.5 Å². The van der Waals surface area contributed by atoms with E-state index in [-0.39, 0.29) is 30.7 Å². The minimum Gasteiger partial charge on any atom is -0.497 e. The molecule has 2 aliphatic heterocycles. The van der Waals surface area contributed by atoms with E-state index in [0.717, 1.165) is 37.6 Å². The molecule has 2 aromatic carbocycles. The second-order valence-electron chi connectivity index (χ2n) is 9.07. The first-order valence-electron chi connectivity index (χ1n) is 12.7. The molecule has 2 saturated heterocycles. The van der Waals surface area contributed by atoms with Crippen LogP contribution in [0.5, 0.6) is 11.5 Å². The van der Waals surface area contributed by atoms with Crippen LogP contribution in [0.25, 0.3) is 0 Å². The molecule has 4 rings (SSSR count). The zero-order valence-electron chi connectivity index (χ0n) is 21.4. The number of carbonyl (C=O) groups excluding carboxylic acids is 3. The molecule has 0 bridgehead atoms. The van der Waals surface area contributed by atoms with E-state index in [1.165, 1.54) is 0 Å². The van der Waals surface area contributed by atoms with Crippen LogP contribution in [0.15, 0.2) is 48.5 Å². The fraction of sp³-hybridized carbons (Fsp3) is 0.444. The molecule has 2 N–H and O–H groups in total. The Balaban J connectivity index is 1.30. The maximum Gasteiger partial charge on any atom is 0.243 e. The van der Waals surface area contributed by atoms with E-state index < -0.39 is 6.04 Å². The van der Waals surface area contributed by atoms with Gasteiger partial charge in [-0.1, -0.05) is 6.07 Å². The first kappa shape index (κ1) is 26.3. The van der Waals surface area contributed by atoms with Crippen LogP contribution in [0, 0.1) is 0 Å². The Kier molecular flexibility index (Phi) is 8.84. The molecule has 0 aliphatic carbocycles. The van der Waals surface area contributed by atoms with E-state index in [4.69, 9.17) is 9.47 Å². The smallest absolute Gasteiger partial charge is 0.243 e. The first-order chi connectivity index (χ1) is 18.0. The normalized spacial score (nSPS) is 18.2. The number of hydrogen-bond donors (Lipinski definition) is 2. The molecule has 0 spiro atoms. The summed E-state index contributed by atoms with van der Waals surface area (Å²) in [6, 6.07) is 14.2. The third kappa shape index (κ3) is 6.91. The van der Waals surface area contributed by atoms with E-state index in [1.807, 2.05) is 25.1 Å². The van der Waals surface area contributed by atoms with Gasteiger partial charge in [-0.2, -0.15) is 0 Å². The van der Waals surface area contributed by atoms with E-state index >= 15 is 0 Å². The summed E-state index contributed by atoms with van der Waals surface area (Å²) in [5.41, 5.74) is 1.70. The molecule has 2 aliphatic rings. The number of hydrogen-bond acceptors (Lipinski definition) is 7. The number of rotatable bonds is 9. The predicted octanol–water partition coefficient (Wildman–Crippen LogP) is 1.57. The van der Waals surface area contributed by atoms with E-state index in [0.29, 0.717) is 31.1 Å². The number of carbonyl (C=O) groups is 3. The topological polar surface area (TPSA) is 103 Å². The summed E-state index contributed by atoms with van der Waals surface area (Å²) in [5, 5.41) is 5.60. The second-order valence-corrected chi connectivity index (χ2v) is 9.07. The van der Waals surface area contributed by atoms with Gasteiger partial charge in [0.05, 0.1) is 26.7 Å². The number of nitrogens with one attached hydrogen (secondary N) is 2. The van der Waals surface area contributed by atoms with Crippen molar-refractivity contribution in [2.75, 3.05) is 69.7 Å². The monoisotopic (exact) mass is 509 g/mol. The summed E-state index contributed by atoms with van der Waals surface area (Å²) in [6.45, 7) is 6.48. The molecule has 198 valence electrons. The average molecular weight is 510 g/mol. The zero-order chi connectivity index (χ0) is 26.2. The minimum atomic E-state index is -0.831. The molecule has 0 aromatic heterocycles. The molecular weight excluding hydrogens is 474 g/mol. The summed E-state index contributed by atoms with van der Waals surface area (Å²) < 4.78 is 10.7. The standard InChI is InChI=1S/C27H35N5O5/c1-3-37-22-9-7-20(8-10-22)29-25(33)18-24-27(35)28-11-12-32(24)26(34)19-30-13-15-31(16-14-30)21-5-4-6-23(17-21)36-2/h4-10,17,24H,3,11-16,18-19H2,1-2H3,(H,28,35)(H,29,33). The minimum absolute atomic E-state index is 0.103. The van der Waals surface area contributed by atoms with Crippen molar-refractivity contribution in [2.45, 2.75) is 19.4 Å². The molecule has 2 aromatic rings. The lowest BCUT2D eigenvalue weighted by molar-refractivity contribution is -0.145. The Morgan fingerprint density at radius 3 is 2.49 bits per heavy atom. The number of nitrogens with zero attached hydrogens (tertiary/aromatic N) is 3. The lowest BCUT2D eigenvalue weighted by atomic mass is 10.1. The fourth-order valence-electron chi connectivity index (χ4n) is 4.66. The van der Waals surface area contributed by atoms with Gasteiger partial charge in [-0.3, -0.25) is 19.3 Å². The summed E-state index contributed by atoms with van der Waals surface area (Å²) >= 11 is 0. The molecule has 3 amide bonds. The van der Waals surface area contributed by atoms with Crippen molar-refractivity contribution in [1.29, 1.82) is 0 Å². The Hall–Kier alpha value is -3.79. The van der Waals surface area contributed by atoms with Crippen molar-refractivity contribution >= 4 is 29.1 Å². The summed E-state index contributed by atoms with van der Waals surface area (Å²) in [6.07, 6.45) is -0.103. The number of piperazine rings is 2. The SMILES string of the molecule is CCOc1ccc(NC(=O)CC2C(=O)NCCN2C(=O)CN2CCN(c3cccc(OC)c3)CC2)cc1. The van der Waals surface area contributed by atoms with E-state index in [1.54, 1.807) is 36.3 Å². The van der Waals surface area contributed by atoms with Crippen LogP contribution < -0.4 is 25.0 Å². The maximum atomic E-state index is 13.2. The highest BCUT2D eigenvalue weighted by Crippen LogP contribution is 2.22. The highest BCUT2D eigenvalue weighted by Gasteiger charge is 2.35. The van der Waals surface area contributed by atoms with Gasteiger partial charge in [0, 0.05) is 56.7 Å². The number of amides is 3. The lowest BCUT2D eigenvalue weighted by Gasteiger charge is -2.39. The molecule has 1 atom stereocenters. The number of benzene rings is 2. The van der Waals surface area contributed by atoms with Crippen LogP contribution in [-0.2, 0) is 14.4 Å². The summed E-state index contributed by atoms with van der Waals surface area (Å²) in [7, 11) is 1.65. The number of anilines is 2. The van der Waals surface area contributed by atoms with Gasteiger partial charge in [-0.05, 0) is 43.3 Å². The molecule has 10 heteroatoms. The van der Waals surface area contributed by atoms with Crippen molar-refractivity contribution < 1.29 is 23.9 Å². The van der Waals surface area contributed by atoms with Crippen LogP contribution in [0.4, 0.5) is 11.4 Å². The molecule has 0 saturated carbocycles. The Bertz CT molecular complexity index is 1080. The molecule has 10 nitrogen and oxygen atoms in total. The Labute approximate surface area is 217 Å². The predicted molar refractivity (Wildman–Crippen MR) is 141 cm³/mol. The van der Waals surface area contributed by atoms with Crippen molar-refractivity contribution in [2.24, 2.45) is 0 Å². The highest BCUT2D eigenvalue weighted by molar-refractivity contribution is 5.97. The largest absolute Gasteiger partial charge is 0.497 e. The number of ether oxygens (including phenoxy) is 2. The summed E-state index contributed by atoms with van der Waals surface area (Å²) in [4.78, 5) is 44.5. The van der Waals surface area contributed by atoms with Crippen molar-refractivity contribution in [3.8, 4) is 11.5 Å². The van der Waals surface area contributed by atoms with E-state index in [9.17, 15) is 14.4 Å². The Morgan fingerprint density at radius 2 is 1.78 bits per heavy atom. The molecule has 0 radical (unpaired) electrons. The highest BCUT2D eigenvalue weighted by atomic mass is 16.5. The van der Waals surface area contributed by atoms with Gasteiger partial charge < -0.3 is 29.9 Å². The van der Waals surface area contributed by atoms with Crippen molar-refractivity contribution in [1.82, 2.24) is 15.1 Å². The van der Waals surface area contributed by atoms with Crippen LogP contribution in [-0.4, -0.2) is 93.1 Å². The van der Waals surface area contributed by atoms with Crippen LogP contribution in [0.2, 0.25) is 0 Å². The van der Waals surface area contributed by atoms with Gasteiger partial charge in [0.25, 0.3) is 0 Å². The molecule has 1 unspecified atom stereocenters. The molecule has 2 heterocycles. The van der Waals surface area contributed by atoms with Gasteiger partial charge in [0.15, 0.2) is 0 Å². The van der Waals surface area contributed by atoms with Gasteiger partial charge in [-0.25, -0.2) is 0 Å². The van der Waals surface area contributed by atoms with Gasteiger partial charge >= 0.3 is 0 Å². The third-order valence-corrected chi connectivity index (χ3v) is 6.63. The lowest BCUT2D eigenvalue weighted by Crippen LogP contribution is -2.60. The third-order valence-electron chi connectivity index (χ3n) is 6.63. The van der Waals surface area contributed by atoms with Gasteiger partial charge in [0.1, 0.15) is 17.5 Å².